The van der Waals surface area contributed by atoms with Crippen molar-refractivity contribution in [3.8, 4) is 0 Å². The van der Waals surface area contributed by atoms with E-state index in [1.807, 2.05) is 0 Å². The molecule has 0 amide bonds. The molecule has 2 aromatic heterocycles. The van der Waals surface area contributed by atoms with E-state index in [1.54, 1.807) is 29.9 Å². The van der Waals surface area contributed by atoms with Gasteiger partial charge in [0, 0.05) is 25.6 Å². The number of carbonyl (C=O) groups excluding carboxylic acids is 1. The zero-order valence-electron chi connectivity index (χ0n) is 8.10. The Labute approximate surface area is 85.4 Å². The monoisotopic (exact) mass is 203 g/mol. The van der Waals surface area contributed by atoms with Gasteiger partial charge in [-0.25, -0.2) is 9.78 Å². The molecular formula is C10H9N3O2. The normalized spacial score (nSPS) is 10.2. The molecular weight excluding hydrogens is 194 g/mol. The zero-order valence-corrected chi connectivity index (χ0v) is 8.10. The van der Waals surface area contributed by atoms with Crippen molar-refractivity contribution < 1.29 is 4.79 Å². The lowest BCUT2D eigenvalue weighted by Gasteiger charge is -2.01. The SMILES string of the molecule is Cn1cccc1C(=O)c1cnc(=O)[nH]c1. The number of carbonyl (C=O) groups is 1. The predicted molar refractivity (Wildman–Crippen MR) is 53.7 cm³/mol. The second kappa shape index (κ2) is 3.53. The predicted octanol–water partition coefficient (Wildman–Crippen LogP) is 0.339. The van der Waals surface area contributed by atoms with E-state index in [4.69, 9.17) is 0 Å². The van der Waals surface area contributed by atoms with Gasteiger partial charge in [-0.05, 0) is 12.1 Å². The Morgan fingerprint density at radius 1 is 1.53 bits per heavy atom. The van der Waals surface area contributed by atoms with Crippen LogP contribution in [0.15, 0.2) is 35.5 Å². The molecule has 2 heterocycles. The van der Waals surface area contributed by atoms with Crippen LogP contribution in [0.3, 0.4) is 0 Å². The average molecular weight is 203 g/mol. The summed E-state index contributed by atoms with van der Waals surface area (Å²) in [5.74, 6) is -0.161. The van der Waals surface area contributed by atoms with Gasteiger partial charge < -0.3 is 9.55 Å². The first-order valence-corrected chi connectivity index (χ1v) is 4.39. The number of ketones is 1. The van der Waals surface area contributed by atoms with Crippen LogP contribution in [0.4, 0.5) is 0 Å². The molecule has 2 rings (SSSR count). The van der Waals surface area contributed by atoms with Crippen molar-refractivity contribution in [2.75, 3.05) is 0 Å². The van der Waals surface area contributed by atoms with Crippen molar-refractivity contribution in [1.29, 1.82) is 0 Å². The van der Waals surface area contributed by atoms with Gasteiger partial charge in [-0.1, -0.05) is 0 Å². The minimum Gasteiger partial charge on any atom is -0.348 e. The molecule has 0 saturated carbocycles. The van der Waals surface area contributed by atoms with Crippen molar-refractivity contribution in [3.05, 3.63) is 52.5 Å². The molecule has 0 aliphatic carbocycles. The minimum absolute atomic E-state index is 0.161. The molecule has 15 heavy (non-hydrogen) atoms. The smallest absolute Gasteiger partial charge is 0.344 e. The highest BCUT2D eigenvalue weighted by molar-refractivity contribution is 6.07. The van der Waals surface area contributed by atoms with E-state index >= 15 is 0 Å². The molecule has 0 bridgehead atoms. The maximum atomic E-state index is 11.9. The van der Waals surface area contributed by atoms with E-state index in [0.717, 1.165) is 0 Å². The van der Waals surface area contributed by atoms with Gasteiger partial charge in [0.1, 0.15) is 0 Å². The number of aromatic amines is 1. The molecule has 0 atom stereocenters. The van der Waals surface area contributed by atoms with Gasteiger partial charge in [-0.15, -0.1) is 0 Å². The number of nitrogens with zero attached hydrogens (tertiary/aromatic N) is 2. The molecule has 0 aliphatic heterocycles. The Kier molecular flexibility index (Phi) is 2.21. The number of hydrogen-bond donors (Lipinski definition) is 1. The first kappa shape index (κ1) is 9.39. The molecule has 0 fully saturated rings. The first-order chi connectivity index (χ1) is 7.18. The maximum absolute atomic E-state index is 11.9. The standard InChI is InChI=1S/C10H9N3O2/c1-13-4-2-3-8(13)9(14)7-5-11-10(15)12-6-7/h2-6H,1H3,(H,11,12,15). The van der Waals surface area contributed by atoms with Gasteiger partial charge in [0.05, 0.1) is 11.3 Å². The van der Waals surface area contributed by atoms with E-state index in [1.165, 1.54) is 12.4 Å². The van der Waals surface area contributed by atoms with Crippen LogP contribution in [0.5, 0.6) is 0 Å². The molecule has 0 unspecified atom stereocenters. The molecule has 5 heteroatoms. The summed E-state index contributed by atoms with van der Waals surface area (Å²) in [6.45, 7) is 0. The summed E-state index contributed by atoms with van der Waals surface area (Å²) in [7, 11) is 1.78. The number of nitrogens with one attached hydrogen (secondary N) is 1. The van der Waals surface area contributed by atoms with Crippen molar-refractivity contribution in [3.63, 3.8) is 0 Å². The highest BCUT2D eigenvalue weighted by Crippen LogP contribution is 2.06. The van der Waals surface area contributed by atoms with E-state index < -0.39 is 5.69 Å². The Morgan fingerprint density at radius 3 is 2.87 bits per heavy atom. The summed E-state index contributed by atoms with van der Waals surface area (Å²) in [5.41, 5.74) is 0.471. The van der Waals surface area contributed by atoms with Gasteiger partial charge >= 0.3 is 5.69 Å². The van der Waals surface area contributed by atoms with Crippen LogP contribution < -0.4 is 5.69 Å². The van der Waals surface area contributed by atoms with E-state index in [-0.39, 0.29) is 5.78 Å². The highest BCUT2D eigenvalue weighted by Gasteiger charge is 2.11. The van der Waals surface area contributed by atoms with Crippen LogP contribution in [0.25, 0.3) is 0 Å². The fourth-order valence-corrected chi connectivity index (χ4v) is 1.31. The fraction of sp³-hybridized carbons (Fsp3) is 0.100. The van der Waals surface area contributed by atoms with Crippen molar-refractivity contribution in [2.45, 2.75) is 0 Å². The quantitative estimate of drug-likeness (QED) is 0.715. The van der Waals surface area contributed by atoms with E-state index in [0.29, 0.717) is 11.3 Å². The Morgan fingerprint density at radius 2 is 2.33 bits per heavy atom. The average Bonchev–Trinajstić information content (AvgIpc) is 2.65. The van der Waals surface area contributed by atoms with Crippen molar-refractivity contribution >= 4 is 5.78 Å². The second-order valence-electron chi connectivity index (χ2n) is 3.14. The van der Waals surface area contributed by atoms with Crippen molar-refractivity contribution in [1.82, 2.24) is 14.5 Å². The number of aromatic nitrogens is 3. The van der Waals surface area contributed by atoms with Crippen LogP contribution in [0.2, 0.25) is 0 Å². The fourth-order valence-electron chi connectivity index (χ4n) is 1.31. The van der Waals surface area contributed by atoms with Gasteiger partial charge in [0.2, 0.25) is 5.78 Å². The molecule has 1 N–H and O–H groups in total. The Bertz CT molecular complexity index is 533. The number of aryl methyl sites for hydroxylation is 1. The molecule has 0 saturated heterocycles. The largest absolute Gasteiger partial charge is 0.348 e. The Hall–Kier alpha value is -2.17. The van der Waals surface area contributed by atoms with Gasteiger partial charge in [0.15, 0.2) is 0 Å². The summed E-state index contributed by atoms with van der Waals surface area (Å²) in [6.07, 6.45) is 4.42. The number of H-pyrrole nitrogens is 1. The topological polar surface area (TPSA) is 67.8 Å². The molecule has 0 aliphatic rings. The highest BCUT2D eigenvalue weighted by atomic mass is 16.1. The van der Waals surface area contributed by atoms with Crippen LogP contribution >= 0.6 is 0 Å². The van der Waals surface area contributed by atoms with E-state index in [9.17, 15) is 9.59 Å². The van der Waals surface area contributed by atoms with Crippen molar-refractivity contribution in [2.24, 2.45) is 7.05 Å². The maximum Gasteiger partial charge on any atom is 0.344 e. The Balaban J connectivity index is 2.41. The lowest BCUT2D eigenvalue weighted by Crippen LogP contribution is -2.13. The summed E-state index contributed by atoms with van der Waals surface area (Å²) >= 11 is 0. The van der Waals surface area contributed by atoms with Crippen LogP contribution in [0.1, 0.15) is 16.1 Å². The molecule has 5 nitrogen and oxygen atoms in total. The molecule has 0 radical (unpaired) electrons. The lowest BCUT2D eigenvalue weighted by molar-refractivity contribution is 0.103. The zero-order chi connectivity index (χ0) is 10.8. The number of rotatable bonds is 2. The third-order valence-electron chi connectivity index (χ3n) is 2.11. The van der Waals surface area contributed by atoms with Crippen LogP contribution in [0, 0.1) is 0 Å². The summed E-state index contributed by atoms with van der Waals surface area (Å²) in [6, 6.07) is 3.50. The summed E-state index contributed by atoms with van der Waals surface area (Å²) < 4.78 is 1.72. The third kappa shape index (κ3) is 1.71. The molecule has 0 aromatic carbocycles. The molecule has 76 valence electrons. The first-order valence-electron chi connectivity index (χ1n) is 4.39. The molecule has 2 aromatic rings. The molecule has 0 spiro atoms. The van der Waals surface area contributed by atoms with Gasteiger partial charge in [-0.2, -0.15) is 0 Å². The van der Waals surface area contributed by atoms with Crippen LogP contribution in [-0.2, 0) is 7.05 Å². The van der Waals surface area contributed by atoms with Gasteiger partial charge in [0.25, 0.3) is 0 Å². The van der Waals surface area contributed by atoms with Gasteiger partial charge in [-0.3, -0.25) is 4.79 Å². The van der Waals surface area contributed by atoms with E-state index in [2.05, 4.69) is 9.97 Å². The summed E-state index contributed by atoms with van der Waals surface area (Å²) in [4.78, 5) is 28.4. The summed E-state index contributed by atoms with van der Waals surface area (Å²) in [5, 5.41) is 0. The lowest BCUT2D eigenvalue weighted by atomic mass is 10.2. The minimum atomic E-state index is -0.460. The third-order valence-corrected chi connectivity index (χ3v) is 2.11. The number of hydrogen-bond acceptors (Lipinski definition) is 3. The second-order valence-corrected chi connectivity index (χ2v) is 3.14. The van der Waals surface area contributed by atoms with Crippen LogP contribution in [-0.4, -0.2) is 20.3 Å².